The van der Waals surface area contributed by atoms with Gasteiger partial charge in [0.05, 0.1) is 12.0 Å². The van der Waals surface area contributed by atoms with E-state index in [4.69, 9.17) is 27.5 Å². The lowest BCUT2D eigenvalue weighted by atomic mass is 9.94. The number of aromatic carboxylic acids is 1. The molecule has 0 radical (unpaired) electrons. The molecular weight excluding hydrogens is 342 g/mol. The zero-order valence-electron chi connectivity index (χ0n) is 13.4. The lowest BCUT2D eigenvalue weighted by Crippen LogP contribution is -2.16. The van der Waals surface area contributed by atoms with Gasteiger partial charge in [-0.15, -0.1) is 0 Å². The summed E-state index contributed by atoms with van der Waals surface area (Å²) < 4.78 is 0. The molecule has 2 aromatic rings. The van der Waals surface area contributed by atoms with Gasteiger partial charge in [0.15, 0.2) is 0 Å². The van der Waals surface area contributed by atoms with Crippen LogP contribution in [0.4, 0.5) is 0 Å². The van der Waals surface area contributed by atoms with Gasteiger partial charge in [-0.3, -0.25) is 4.79 Å². The van der Waals surface area contributed by atoms with Gasteiger partial charge in [0.25, 0.3) is 0 Å². The largest absolute Gasteiger partial charge is 0.481 e. The summed E-state index contributed by atoms with van der Waals surface area (Å²) >= 11 is 6.20. The van der Waals surface area contributed by atoms with Gasteiger partial charge in [0.1, 0.15) is 0 Å². The maximum absolute atomic E-state index is 11.0. The second-order valence-electron chi connectivity index (χ2n) is 5.58. The zero-order chi connectivity index (χ0) is 18.4. The van der Waals surface area contributed by atoms with Crippen molar-refractivity contribution in [3.8, 4) is 0 Å². The van der Waals surface area contributed by atoms with Crippen molar-refractivity contribution in [3.63, 3.8) is 0 Å². The van der Waals surface area contributed by atoms with Crippen LogP contribution in [0.1, 0.15) is 39.4 Å². The van der Waals surface area contributed by atoms with E-state index in [1.807, 2.05) is 0 Å². The Balaban J connectivity index is 2.29. The Morgan fingerprint density at radius 1 is 1.12 bits per heavy atom. The SMILES string of the molecule is NCC(CC(=O)O)c1ccc(Cl)c(C=Cc2cccc(C(=O)O)c2)c1. The minimum Gasteiger partial charge on any atom is -0.481 e. The maximum Gasteiger partial charge on any atom is 0.335 e. The van der Waals surface area contributed by atoms with E-state index in [0.717, 1.165) is 11.1 Å². The van der Waals surface area contributed by atoms with Crippen molar-refractivity contribution in [2.24, 2.45) is 5.73 Å². The van der Waals surface area contributed by atoms with Crippen LogP contribution in [0.2, 0.25) is 5.02 Å². The summed E-state index contributed by atoms with van der Waals surface area (Å²) in [4.78, 5) is 22.0. The fraction of sp³-hybridized carbons (Fsp3) is 0.158. The molecule has 4 N–H and O–H groups in total. The van der Waals surface area contributed by atoms with Crippen LogP contribution in [0, 0.1) is 0 Å². The molecule has 25 heavy (non-hydrogen) atoms. The molecule has 0 spiro atoms. The zero-order valence-corrected chi connectivity index (χ0v) is 14.1. The average Bonchev–Trinajstić information content (AvgIpc) is 2.59. The highest BCUT2D eigenvalue weighted by Crippen LogP contribution is 2.26. The average molecular weight is 360 g/mol. The molecule has 0 saturated heterocycles. The Hall–Kier alpha value is -2.63. The first-order chi connectivity index (χ1) is 11.9. The van der Waals surface area contributed by atoms with Crippen molar-refractivity contribution in [1.82, 2.24) is 0 Å². The Morgan fingerprint density at radius 2 is 1.88 bits per heavy atom. The van der Waals surface area contributed by atoms with Crippen LogP contribution >= 0.6 is 11.6 Å². The molecule has 2 aromatic carbocycles. The van der Waals surface area contributed by atoms with Crippen molar-refractivity contribution >= 4 is 35.7 Å². The Morgan fingerprint density at radius 3 is 2.52 bits per heavy atom. The van der Waals surface area contributed by atoms with E-state index in [1.54, 1.807) is 48.6 Å². The third kappa shape index (κ3) is 5.17. The monoisotopic (exact) mass is 359 g/mol. The number of hydrogen-bond acceptors (Lipinski definition) is 3. The highest BCUT2D eigenvalue weighted by atomic mass is 35.5. The molecular formula is C19H18ClNO4. The first-order valence-electron chi connectivity index (χ1n) is 7.63. The molecule has 0 fully saturated rings. The van der Waals surface area contributed by atoms with Crippen molar-refractivity contribution in [2.75, 3.05) is 6.54 Å². The summed E-state index contributed by atoms with van der Waals surface area (Å²) in [5.41, 5.74) is 8.12. The maximum atomic E-state index is 11.0. The lowest BCUT2D eigenvalue weighted by molar-refractivity contribution is -0.137. The number of rotatable bonds is 7. The number of hydrogen-bond donors (Lipinski definition) is 3. The number of carboxylic acid groups (broad SMARTS) is 2. The number of halogens is 1. The van der Waals surface area contributed by atoms with E-state index in [0.29, 0.717) is 10.6 Å². The van der Waals surface area contributed by atoms with Gasteiger partial charge in [0, 0.05) is 10.9 Å². The molecule has 0 saturated carbocycles. The normalized spacial score (nSPS) is 12.2. The highest BCUT2D eigenvalue weighted by molar-refractivity contribution is 6.32. The number of benzene rings is 2. The second-order valence-corrected chi connectivity index (χ2v) is 5.98. The third-order valence-corrected chi connectivity index (χ3v) is 4.13. The van der Waals surface area contributed by atoms with Gasteiger partial charge in [-0.25, -0.2) is 4.79 Å². The molecule has 0 amide bonds. The lowest BCUT2D eigenvalue weighted by Gasteiger charge is -2.14. The second kappa shape index (κ2) is 8.46. The van der Waals surface area contributed by atoms with E-state index in [2.05, 4.69) is 0 Å². The van der Waals surface area contributed by atoms with Gasteiger partial charge in [-0.2, -0.15) is 0 Å². The summed E-state index contributed by atoms with van der Waals surface area (Å²) in [6.07, 6.45) is 3.47. The Labute approximate surface area is 150 Å². The molecule has 0 bridgehead atoms. The molecule has 5 nitrogen and oxygen atoms in total. The van der Waals surface area contributed by atoms with Crippen LogP contribution in [0.3, 0.4) is 0 Å². The van der Waals surface area contributed by atoms with Gasteiger partial charge in [-0.1, -0.05) is 42.0 Å². The molecule has 2 rings (SSSR count). The van der Waals surface area contributed by atoms with Crippen molar-refractivity contribution in [1.29, 1.82) is 0 Å². The van der Waals surface area contributed by atoms with Crippen LogP contribution in [0.15, 0.2) is 42.5 Å². The topological polar surface area (TPSA) is 101 Å². The van der Waals surface area contributed by atoms with Crippen LogP contribution in [0.5, 0.6) is 0 Å². The minimum absolute atomic E-state index is 0.0536. The minimum atomic E-state index is -0.991. The molecule has 0 aliphatic rings. The quantitative estimate of drug-likeness (QED) is 0.654. The Bertz CT molecular complexity index is 817. The predicted octanol–water partition coefficient (Wildman–Crippen LogP) is 3.73. The fourth-order valence-corrected chi connectivity index (χ4v) is 2.63. The number of nitrogens with two attached hydrogens (primary N) is 1. The van der Waals surface area contributed by atoms with Crippen LogP contribution in [-0.4, -0.2) is 28.7 Å². The summed E-state index contributed by atoms with van der Waals surface area (Å²) in [7, 11) is 0. The van der Waals surface area contributed by atoms with E-state index in [1.165, 1.54) is 6.07 Å². The molecule has 0 aromatic heterocycles. The van der Waals surface area contributed by atoms with Gasteiger partial charge < -0.3 is 15.9 Å². The van der Waals surface area contributed by atoms with Crippen LogP contribution in [0.25, 0.3) is 12.2 Å². The van der Waals surface area contributed by atoms with E-state index in [-0.39, 0.29) is 24.4 Å². The number of aliphatic carboxylic acids is 1. The first-order valence-corrected chi connectivity index (χ1v) is 8.01. The fourth-order valence-electron chi connectivity index (χ4n) is 2.45. The van der Waals surface area contributed by atoms with E-state index < -0.39 is 11.9 Å². The summed E-state index contributed by atoms with van der Waals surface area (Å²) in [5, 5.41) is 18.5. The molecule has 0 heterocycles. The van der Waals surface area contributed by atoms with Gasteiger partial charge in [0.2, 0.25) is 0 Å². The van der Waals surface area contributed by atoms with Gasteiger partial charge in [-0.05, 0) is 47.5 Å². The highest BCUT2D eigenvalue weighted by Gasteiger charge is 2.15. The predicted molar refractivity (Wildman–Crippen MR) is 97.8 cm³/mol. The number of carbonyl (C=O) groups is 2. The molecule has 1 atom stereocenters. The molecule has 0 aliphatic carbocycles. The van der Waals surface area contributed by atoms with Crippen molar-refractivity contribution in [2.45, 2.75) is 12.3 Å². The summed E-state index contributed by atoms with van der Waals surface area (Å²) in [6.45, 7) is 0.220. The van der Waals surface area contributed by atoms with E-state index >= 15 is 0 Å². The van der Waals surface area contributed by atoms with Gasteiger partial charge >= 0.3 is 11.9 Å². The Kier molecular flexibility index (Phi) is 6.33. The standard InChI is InChI=1S/C19H18ClNO4/c20-17-7-6-13(16(11-21)10-18(22)23)9-14(17)5-4-12-2-1-3-15(8-12)19(24)25/h1-9,16H,10-11,21H2,(H,22,23)(H,24,25). The molecule has 6 heteroatoms. The summed E-state index contributed by atoms with van der Waals surface area (Å²) in [5.74, 6) is -2.19. The number of carboxylic acids is 2. The van der Waals surface area contributed by atoms with Crippen molar-refractivity contribution in [3.05, 3.63) is 69.7 Å². The molecule has 0 aliphatic heterocycles. The van der Waals surface area contributed by atoms with E-state index in [9.17, 15) is 9.59 Å². The third-order valence-electron chi connectivity index (χ3n) is 3.79. The van der Waals surface area contributed by atoms with Crippen molar-refractivity contribution < 1.29 is 19.8 Å². The summed E-state index contributed by atoms with van der Waals surface area (Å²) in [6, 6.07) is 11.8. The first kappa shape index (κ1) is 18.7. The molecule has 1 unspecified atom stereocenters. The molecule has 130 valence electrons. The van der Waals surface area contributed by atoms with Crippen LogP contribution < -0.4 is 5.73 Å². The smallest absolute Gasteiger partial charge is 0.335 e. The van der Waals surface area contributed by atoms with Crippen LogP contribution in [-0.2, 0) is 4.79 Å².